The van der Waals surface area contributed by atoms with Crippen molar-refractivity contribution in [2.45, 2.75) is 39.3 Å². The van der Waals surface area contributed by atoms with E-state index < -0.39 is 0 Å². The van der Waals surface area contributed by atoms with E-state index in [9.17, 15) is 4.79 Å². The molecule has 112 valence electrons. The van der Waals surface area contributed by atoms with Gasteiger partial charge in [0.2, 0.25) is 0 Å². The number of benzene rings is 1. The second-order valence-electron chi connectivity index (χ2n) is 4.63. The summed E-state index contributed by atoms with van der Waals surface area (Å²) in [5.74, 6) is 0.792. The van der Waals surface area contributed by atoms with E-state index in [0.717, 1.165) is 11.3 Å². The molecule has 2 atom stereocenters. The summed E-state index contributed by atoms with van der Waals surface area (Å²) in [6.45, 7) is 6.31. The fourth-order valence-corrected chi connectivity index (χ4v) is 1.82. The van der Waals surface area contributed by atoms with Gasteiger partial charge in [0.25, 0.3) is 0 Å². The highest BCUT2D eigenvalue weighted by Crippen LogP contribution is 2.19. The van der Waals surface area contributed by atoms with Crippen LogP contribution in [0.4, 0.5) is 4.79 Å². The van der Waals surface area contributed by atoms with E-state index in [1.807, 2.05) is 45.0 Å². The van der Waals surface area contributed by atoms with E-state index >= 15 is 0 Å². The Balaban J connectivity index is 2.59. The van der Waals surface area contributed by atoms with Crippen molar-refractivity contribution in [3.8, 4) is 5.75 Å². The number of rotatable bonds is 7. The van der Waals surface area contributed by atoms with Crippen LogP contribution in [0.25, 0.3) is 0 Å². The van der Waals surface area contributed by atoms with Crippen molar-refractivity contribution in [1.82, 2.24) is 10.6 Å². The highest BCUT2D eigenvalue weighted by Gasteiger charge is 2.13. The van der Waals surface area contributed by atoms with Gasteiger partial charge in [-0.05, 0) is 38.0 Å². The molecule has 0 fully saturated rings. The highest BCUT2D eigenvalue weighted by atomic mass is 16.5. The summed E-state index contributed by atoms with van der Waals surface area (Å²) in [5.41, 5.74) is 0.975. The molecule has 3 N–H and O–H groups in total. The first-order valence-electron chi connectivity index (χ1n) is 7.01. The van der Waals surface area contributed by atoms with Crippen molar-refractivity contribution in [2.75, 3.05) is 13.2 Å². The lowest BCUT2D eigenvalue weighted by Gasteiger charge is -2.19. The zero-order valence-corrected chi connectivity index (χ0v) is 12.3. The van der Waals surface area contributed by atoms with Crippen molar-refractivity contribution >= 4 is 6.03 Å². The second kappa shape index (κ2) is 8.43. The van der Waals surface area contributed by atoms with Crippen LogP contribution in [-0.2, 0) is 0 Å². The molecule has 0 aromatic heterocycles. The van der Waals surface area contributed by atoms with Gasteiger partial charge in [0, 0.05) is 0 Å². The summed E-state index contributed by atoms with van der Waals surface area (Å²) in [6.07, 6.45) is 0.693. The summed E-state index contributed by atoms with van der Waals surface area (Å²) < 4.78 is 5.44. The molecule has 20 heavy (non-hydrogen) atoms. The first kappa shape index (κ1) is 16.3. The van der Waals surface area contributed by atoms with Crippen LogP contribution in [0.2, 0.25) is 0 Å². The van der Waals surface area contributed by atoms with Crippen LogP contribution in [0.1, 0.15) is 38.8 Å². The van der Waals surface area contributed by atoms with Crippen molar-refractivity contribution in [1.29, 1.82) is 0 Å². The van der Waals surface area contributed by atoms with E-state index in [2.05, 4.69) is 10.6 Å². The molecule has 1 aromatic carbocycles. The van der Waals surface area contributed by atoms with Crippen molar-refractivity contribution in [3.05, 3.63) is 29.8 Å². The number of hydrogen-bond acceptors (Lipinski definition) is 3. The number of carbonyl (C=O) groups excluding carboxylic acids is 1. The first-order valence-corrected chi connectivity index (χ1v) is 7.01. The molecule has 0 saturated carbocycles. The van der Waals surface area contributed by atoms with E-state index in [1.165, 1.54) is 0 Å². The molecule has 2 unspecified atom stereocenters. The van der Waals surface area contributed by atoms with Gasteiger partial charge in [0.15, 0.2) is 0 Å². The van der Waals surface area contributed by atoms with Crippen LogP contribution in [0, 0.1) is 0 Å². The molecular weight excluding hydrogens is 256 g/mol. The van der Waals surface area contributed by atoms with Crippen LogP contribution >= 0.6 is 0 Å². The Morgan fingerprint density at radius 2 is 2.10 bits per heavy atom. The van der Waals surface area contributed by atoms with Crippen molar-refractivity contribution in [3.63, 3.8) is 0 Å². The number of nitrogens with one attached hydrogen (secondary N) is 2. The smallest absolute Gasteiger partial charge is 0.315 e. The molecule has 0 radical (unpaired) electrons. The largest absolute Gasteiger partial charge is 0.494 e. The molecule has 0 bridgehead atoms. The normalized spacial score (nSPS) is 13.4. The molecule has 0 aliphatic heterocycles. The third-order valence-electron chi connectivity index (χ3n) is 3.07. The predicted molar refractivity (Wildman–Crippen MR) is 78.9 cm³/mol. The molecule has 5 heteroatoms. The maximum absolute atomic E-state index is 11.8. The highest BCUT2D eigenvalue weighted by molar-refractivity contribution is 5.74. The molecule has 0 aliphatic carbocycles. The summed E-state index contributed by atoms with van der Waals surface area (Å²) in [5, 5.41) is 14.6. The van der Waals surface area contributed by atoms with Crippen LogP contribution in [0.5, 0.6) is 5.75 Å². The average Bonchev–Trinajstić information content (AvgIpc) is 2.45. The maximum Gasteiger partial charge on any atom is 0.315 e. The van der Waals surface area contributed by atoms with Crippen molar-refractivity contribution < 1.29 is 14.6 Å². The van der Waals surface area contributed by atoms with Crippen LogP contribution < -0.4 is 15.4 Å². The molecule has 1 rings (SSSR count). The number of ether oxygens (including phenoxy) is 1. The van der Waals surface area contributed by atoms with E-state index in [1.54, 1.807) is 0 Å². The number of urea groups is 1. The molecule has 2 amide bonds. The minimum absolute atomic E-state index is 0.0574. The average molecular weight is 280 g/mol. The Kier molecular flexibility index (Phi) is 6.87. The third kappa shape index (κ3) is 5.09. The van der Waals surface area contributed by atoms with Crippen molar-refractivity contribution in [2.24, 2.45) is 0 Å². The third-order valence-corrected chi connectivity index (χ3v) is 3.07. The van der Waals surface area contributed by atoms with Gasteiger partial charge in [-0.15, -0.1) is 0 Å². The predicted octanol–water partition coefficient (Wildman–Crippen LogP) is 2.22. The molecule has 5 nitrogen and oxygen atoms in total. The summed E-state index contributed by atoms with van der Waals surface area (Å²) in [6, 6.07) is 7.02. The van der Waals surface area contributed by atoms with Gasteiger partial charge in [-0.2, -0.15) is 0 Å². The molecule has 0 saturated heterocycles. The lowest BCUT2D eigenvalue weighted by Crippen LogP contribution is -2.44. The fraction of sp³-hybridized carbons (Fsp3) is 0.533. The van der Waals surface area contributed by atoms with Gasteiger partial charge >= 0.3 is 6.03 Å². The molecule has 0 aliphatic rings. The van der Waals surface area contributed by atoms with Crippen LogP contribution in [0.3, 0.4) is 0 Å². The number of aliphatic hydroxyl groups excluding tert-OH is 1. The van der Waals surface area contributed by atoms with Gasteiger partial charge in [0.1, 0.15) is 5.75 Å². The standard InChI is InChI=1S/C15H24N2O3/c1-4-13(10-18)17-15(19)16-11(3)12-7-6-8-14(9-12)20-5-2/h6-9,11,13,18H,4-5,10H2,1-3H3,(H2,16,17,19). The summed E-state index contributed by atoms with van der Waals surface area (Å²) in [7, 11) is 0. The first-order chi connectivity index (χ1) is 9.60. The Labute approximate surface area is 120 Å². The minimum atomic E-state index is -0.278. The Bertz CT molecular complexity index is 419. The number of carbonyl (C=O) groups is 1. The van der Waals surface area contributed by atoms with E-state index in [0.29, 0.717) is 13.0 Å². The summed E-state index contributed by atoms with van der Waals surface area (Å²) >= 11 is 0. The SMILES string of the molecule is CCOc1cccc(C(C)NC(=O)NC(CC)CO)c1. The summed E-state index contributed by atoms with van der Waals surface area (Å²) in [4.78, 5) is 11.8. The lowest BCUT2D eigenvalue weighted by atomic mass is 10.1. The van der Waals surface area contributed by atoms with Gasteiger partial charge in [0.05, 0.1) is 25.3 Å². The monoisotopic (exact) mass is 280 g/mol. The number of amides is 2. The maximum atomic E-state index is 11.8. The zero-order chi connectivity index (χ0) is 15.0. The van der Waals surface area contributed by atoms with Gasteiger partial charge in [-0.1, -0.05) is 19.1 Å². The van der Waals surface area contributed by atoms with E-state index in [-0.39, 0.29) is 24.7 Å². The van der Waals surface area contributed by atoms with Crippen LogP contribution in [-0.4, -0.2) is 30.4 Å². The zero-order valence-electron chi connectivity index (χ0n) is 12.3. The van der Waals surface area contributed by atoms with Gasteiger partial charge in [-0.25, -0.2) is 4.79 Å². The number of hydrogen-bond donors (Lipinski definition) is 3. The fourth-order valence-electron chi connectivity index (χ4n) is 1.82. The Morgan fingerprint density at radius 3 is 2.70 bits per heavy atom. The number of aliphatic hydroxyl groups is 1. The molecule has 1 aromatic rings. The second-order valence-corrected chi connectivity index (χ2v) is 4.63. The lowest BCUT2D eigenvalue weighted by molar-refractivity contribution is 0.212. The topological polar surface area (TPSA) is 70.6 Å². The molecule has 0 spiro atoms. The Morgan fingerprint density at radius 1 is 1.35 bits per heavy atom. The quantitative estimate of drug-likeness (QED) is 0.717. The van der Waals surface area contributed by atoms with Gasteiger partial charge < -0.3 is 20.5 Å². The molecule has 0 heterocycles. The van der Waals surface area contributed by atoms with E-state index in [4.69, 9.17) is 9.84 Å². The minimum Gasteiger partial charge on any atom is -0.494 e. The Hall–Kier alpha value is -1.75. The van der Waals surface area contributed by atoms with Gasteiger partial charge in [-0.3, -0.25) is 0 Å². The molecular formula is C15H24N2O3. The van der Waals surface area contributed by atoms with Crippen LogP contribution in [0.15, 0.2) is 24.3 Å².